The zero-order valence-corrected chi connectivity index (χ0v) is 17.8. The van der Waals surface area contributed by atoms with E-state index in [2.05, 4.69) is 6.92 Å². The Kier molecular flexibility index (Phi) is 4.69. The summed E-state index contributed by atoms with van der Waals surface area (Å²) in [5, 5.41) is 9.80. The van der Waals surface area contributed by atoms with Gasteiger partial charge in [-0.2, -0.15) is 0 Å². The van der Waals surface area contributed by atoms with E-state index < -0.39 is 23.1 Å². The summed E-state index contributed by atoms with van der Waals surface area (Å²) in [6.07, 6.45) is 8.43. The third-order valence-electron chi connectivity index (χ3n) is 10.4. The third-order valence-corrected chi connectivity index (χ3v) is 10.4. The molecule has 1 unspecified atom stereocenters. The largest absolute Gasteiger partial charge is 0.393 e. The lowest BCUT2D eigenvalue weighted by molar-refractivity contribution is -0.329. The fourth-order valence-corrected chi connectivity index (χ4v) is 7.76. The van der Waals surface area contributed by atoms with Crippen LogP contribution < -0.4 is 0 Å². The highest BCUT2D eigenvalue weighted by molar-refractivity contribution is 5.18. The van der Waals surface area contributed by atoms with E-state index >= 15 is 13.2 Å². The van der Waals surface area contributed by atoms with Crippen LogP contribution in [-0.4, -0.2) is 35.5 Å². The van der Waals surface area contributed by atoms with E-state index in [1.165, 1.54) is 19.3 Å². The second kappa shape index (κ2) is 6.60. The number of rotatable bonds is 4. The number of alkyl halides is 3. The molecule has 0 aliphatic heterocycles. The molecule has 0 saturated heterocycles. The van der Waals surface area contributed by atoms with Crippen molar-refractivity contribution in [3.63, 3.8) is 0 Å². The first-order valence-electron chi connectivity index (χ1n) is 12.0. The highest BCUT2D eigenvalue weighted by atomic mass is 19.3. The first kappa shape index (κ1) is 20.6. The van der Waals surface area contributed by atoms with Crippen LogP contribution in [0.5, 0.6) is 0 Å². The molecular weight excluding hydrogens is 377 g/mol. The van der Waals surface area contributed by atoms with E-state index in [0.717, 1.165) is 19.3 Å². The lowest BCUT2D eigenvalue weighted by Crippen LogP contribution is -2.70. The molecule has 166 valence electrons. The van der Waals surface area contributed by atoms with Crippen molar-refractivity contribution in [2.24, 2.45) is 22.2 Å². The third kappa shape index (κ3) is 2.96. The SMILES string of the molecule is CC12CCC(COC34CCC(C5CCC(O)CC5)(CC3)C(F)C4(F)F)(CC1)CC2. The number of hydrogen-bond acceptors (Lipinski definition) is 2. The van der Waals surface area contributed by atoms with Crippen molar-refractivity contribution in [3.8, 4) is 0 Å². The van der Waals surface area contributed by atoms with Crippen LogP contribution >= 0.6 is 0 Å². The smallest absolute Gasteiger partial charge is 0.307 e. The molecule has 5 heteroatoms. The second-order valence-electron chi connectivity index (χ2n) is 11.8. The highest BCUT2D eigenvalue weighted by Gasteiger charge is 2.74. The average molecular weight is 415 g/mol. The molecule has 7 saturated carbocycles. The van der Waals surface area contributed by atoms with Crippen molar-refractivity contribution >= 4 is 0 Å². The molecule has 4 bridgehead atoms. The number of ether oxygens (including phenoxy) is 1. The first-order valence-corrected chi connectivity index (χ1v) is 12.0. The summed E-state index contributed by atoms with van der Waals surface area (Å²) >= 11 is 0. The van der Waals surface area contributed by atoms with Crippen LogP contribution in [0.15, 0.2) is 0 Å². The van der Waals surface area contributed by atoms with Gasteiger partial charge in [0.15, 0.2) is 6.17 Å². The standard InChI is InChI=1S/C24H37F3O2/c1-20-6-9-21(10-7-20,11-8-20)16-29-23-14-12-22(13-15-23,19(25)24(23,26)27)17-2-4-18(28)5-3-17/h17-19,28H,2-16H2,1H3. The molecule has 0 aromatic rings. The second-order valence-corrected chi connectivity index (χ2v) is 11.8. The number of aliphatic hydroxyl groups excluding tert-OH is 1. The molecule has 2 nitrogen and oxygen atoms in total. The molecular formula is C24H37F3O2. The number of aliphatic hydroxyl groups is 1. The fourth-order valence-electron chi connectivity index (χ4n) is 7.76. The van der Waals surface area contributed by atoms with Gasteiger partial charge in [-0.25, -0.2) is 13.2 Å². The van der Waals surface area contributed by atoms with Crippen LogP contribution in [0.4, 0.5) is 13.2 Å². The zero-order valence-electron chi connectivity index (χ0n) is 17.8. The summed E-state index contributed by atoms with van der Waals surface area (Å²) in [6.45, 7) is 2.73. The molecule has 0 amide bonds. The van der Waals surface area contributed by atoms with Crippen LogP contribution in [0.1, 0.15) is 96.8 Å². The molecule has 0 aromatic carbocycles. The average Bonchev–Trinajstić information content (AvgIpc) is 2.73. The summed E-state index contributed by atoms with van der Waals surface area (Å²) in [5.74, 6) is -3.44. The highest BCUT2D eigenvalue weighted by Crippen LogP contribution is 2.66. The zero-order chi connectivity index (χ0) is 20.5. The van der Waals surface area contributed by atoms with Crippen LogP contribution in [-0.2, 0) is 4.74 Å². The van der Waals surface area contributed by atoms with Crippen molar-refractivity contribution in [2.45, 2.75) is 121 Å². The van der Waals surface area contributed by atoms with Gasteiger partial charge in [-0.1, -0.05) is 6.92 Å². The van der Waals surface area contributed by atoms with Crippen molar-refractivity contribution in [1.29, 1.82) is 0 Å². The molecule has 1 N–H and O–H groups in total. The Morgan fingerprint density at radius 1 is 0.828 bits per heavy atom. The molecule has 0 aromatic heterocycles. The minimum atomic E-state index is -3.41. The number of hydrogen-bond donors (Lipinski definition) is 1. The summed E-state index contributed by atoms with van der Waals surface area (Å²) in [7, 11) is 0. The van der Waals surface area contributed by atoms with Gasteiger partial charge in [-0.05, 0) is 107 Å². The van der Waals surface area contributed by atoms with Crippen LogP contribution in [0.2, 0.25) is 0 Å². The predicted octanol–water partition coefficient (Wildman–Crippen LogP) is 6.20. The summed E-state index contributed by atoms with van der Waals surface area (Å²) in [4.78, 5) is 0. The van der Waals surface area contributed by atoms with Crippen molar-refractivity contribution < 1.29 is 23.0 Å². The van der Waals surface area contributed by atoms with Gasteiger partial charge < -0.3 is 9.84 Å². The van der Waals surface area contributed by atoms with Gasteiger partial charge in [0.25, 0.3) is 0 Å². The van der Waals surface area contributed by atoms with Crippen LogP contribution in [0, 0.1) is 22.2 Å². The summed E-state index contributed by atoms with van der Waals surface area (Å²) in [5.41, 5.74) is -2.03. The van der Waals surface area contributed by atoms with Gasteiger partial charge in [0.1, 0.15) is 5.60 Å². The summed E-state index contributed by atoms with van der Waals surface area (Å²) < 4.78 is 52.8. The van der Waals surface area contributed by atoms with E-state index in [1.807, 2.05) is 0 Å². The molecule has 0 radical (unpaired) electrons. The van der Waals surface area contributed by atoms with Gasteiger partial charge in [-0.15, -0.1) is 0 Å². The van der Waals surface area contributed by atoms with Crippen molar-refractivity contribution in [1.82, 2.24) is 0 Å². The Labute approximate surface area is 173 Å². The van der Waals surface area contributed by atoms with Gasteiger partial charge in [0, 0.05) is 5.41 Å². The molecule has 7 rings (SSSR count). The van der Waals surface area contributed by atoms with E-state index in [1.54, 1.807) is 0 Å². The van der Waals surface area contributed by atoms with E-state index in [-0.39, 0.29) is 30.3 Å². The number of fused-ring (bicyclic) bond motifs is 6. The Balaban J connectivity index is 1.31. The Bertz CT molecular complexity index is 608. The Morgan fingerprint density at radius 2 is 1.38 bits per heavy atom. The quantitative estimate of drug-likeness (QED) is 0.593. The van der Waals surface area contributed by atoms with Gasteiger partial charge in [0.05, 0.1) is 12.7 Å². The van der Waals surface area contributed by atoms with E-state index in [9.17, 15) is 5.11 Å². The fraction of sp³-hybridized carbons (Fsp3) is 1.00. The maximum absolute atomic E-state index is 15.5. The lowest BCUT2D eigenvalue weighted by atomic mass is 9.49. The normalized spacial score (nSPS) is 53.9. The topological polar surface area (TPSA) is 29.5 Å². The van der Waals surface area contributed by atoms with Gasteiger partial charge in [-0.3, -0.25) is 0 Å². The predicted molar refractivity (Wildman–Crippen MR) is 106 cm³/mol. The van der Waals surface area contributed by atoms with Gasteiger partial charge in [0.2, 0.25) is 0 Å². The number of halogens is 3. The Morgan fingerprint density at radius 3 is 1.93 bits per heavy atom. The summed E-state index contributed by atoms with van der Waals surface area (Å²) in [6, 6.07) is 0. The first-order chi connectivity index (χ1) is 13.6. The monoisotopic (exact) mass is 414 g/mol. The minimum absolute atomic E-state index is 0.0296. The minimum Gasteiger partial charge on any atom is -0.393 e. The van der Waals surface area contributed by atoms with Crippen LogP contribution in [0.3, 0.4) is 0 Å². The van der Waals surface area contributed by atoms with E-state index in [4.69, 9.17) is 4.74 Å². The van der Waals surface area contributed by atoms with Crippen molar-refractivity contribution in [3.05, 3.63) is 0 Å². The molecule has 7 fully saturated rings. The maximum atomic E-state index is 15.5. The lowest BCUT2D eigenvalue weighted by Gasteiger charge is -2.62. The van der Waals surface area contributed by atoms with E-state index in [0.29, 0.717) is 50.5 Å². The van der Waals surface area contributed by atoms with Crippen LogP contribution in [0.25, 0.3) is 0 Å². The van der Waals surface area contributed by atoms with Gasteiger partial charge >= 0.3 is 5.92 Å². The Hall–Kier alpha value is -0.290. The molecule has 7 aliphatic rings. The van der Waals surface area contributed by atoms with Crippen molar-refractivity contribution in [2.75, 3.05) is 6.61 Å². The molecule has 29 heavy (non-hydrogen) atoms. The molecule has 7 aliphatic carbocycles. The maximum Gasteiger partial charge on any atom is 0.307 e. The molecule has 0 heterocycles. The molecule has 1 atom stereocenters. The molecule has 0 spiro atoms.